The standard InChI is InChI=1S/C38H65O4P/c1-12-40-37(39)38(43(41-13-2)42-14-3,29-27-35(10)25-17-23-33(8)21-15-19-31(4)5)30-28-36(11)26-18-24-34(9)22-16-20-32(6)7/h19-20,23-24,27-28H,12-18,21-22,25-26,29-30H2,1-11H3/b33-23+,34-24+,35-27+,36-28+. The van der Waals surface area contributed by atoms with Crippen LogP contribution in [0.4, 0.5) is 0 Å². The molecule has 0 radical (unpaired) electrons. The predicted octanol–water partition coefficient (Wildman–Crippen LogP) is 12.3. The molecule has 246 valence electrons. The number of rotatable bonds is 23. The molecular weight excluding hydrogens is 551 g/mol. The minimum absolute atomic E-state index is 0.221. The van der Waals surface area contributed by atoms with E-state index in [1.807, 2.05) is 20.8 Å². The number of hydrogen-bond donors (Lipinski definition) is 0. The first-order chi connectivity index (χ1) is 20.4. The molecule has 0 atom stereocenters. The van der Waals surface area contributed by atoms with Crippen LogP contribution in [-0.2, 0) is 18.6 Å². The lowest BCUT2D eigenvalue weighted by atomic mass is 9.95. The van der Waals surface area contributed by atoms with Gasteiger partial charge in [0.05, 0.1) is 19.8 Å². The van der Waals surface area contributed by atoms with Gasteiger partial charge in [-0.25, -0.2) is 0 Å². The lowest BCUT2D eigenvalue weighted by Gasteiger charge is -2.35. The third-order valence-electron chi connectivity index (χ3n) is 7.32. The summed E-state index contributed by atoms with van der Waals surface area (Å²) in [5, 5.41) is -0.883. The Labute approximate surface area is 267 Å². The van der Waals surface area contributed by atoms with Crippen LogP contribution in [0.5, 0.6) is 0 Å². The topological polar surface area (TPSA) is 44.8 Å². The summed E-state index contributed by atoms with van der Waals surface area (Å²) in [4.78, 5) is 13.7. The molecule has 0 rings (SSSR count). The van der Waals surface area contributed by atoms with Crippen molar-refractivity contribution in [1.29, 1.82) is 0 Å². The van der Waals surface area contributed by atoms with Crippen LogP contribution in [0.15, 0.2) is 69.9 Å². The van der Waals surface area contributed by atoms with E-state index in [4.69, 9.17) is 13.8 Å². The third-order valence-corrected chi connectivity index (χ3v) is 9.55. The van der Waals surface area contributed by atoms with Crippen LogP contribution in [0.2, 0.25) is 0 Å². The highest BCUT2D eigenvalue weighted by molar-refractivity contribution is 7.50. The minimum atomic E-state index is -1.49. The molecule has 0 bridgehead atoms. The van der Waals surface area contributed by atoms with Gasteiger partial charge in [-0.15, -0.1) is 0 Å². The van der Waals surface area contributed by atoms with Crippen LogP contribution >= 0.6 is 8.38 Å². The molecule has 4 nitrogen and oxygen atoms in total. The van der Waals surface area contributed by atoms with Crippen molar-refractivity contribution < 1.29 is 18.6 Å². The Balaban J connectivity index is 5.86. The summed E-state index contributed by atoms with van der Waals surface area (Å²) >= 11 is 0. The first-order valence-electron chi connectivity index (χ1n) is 16.5. The second-order valence-corrected chi connectivity index (χ2v) is 14.1. The minimum Gasteiger partial charge on any atom is -0.465 e. The number of allylic oxidation sites excluding steroid dienone is 12. The van der Waals surface area contributed by atoms with Crippen LogP contribution in [0.3, 0.4) is 0 Å². The quantitative estimate of drug-likeness (QED) is 0.0651. The summed E-state index contributed by atoms with van der Waals surface area (Å²) < 4.78 is 18.0. The van der Waals surface area contributed by atoms with Crippen molar-refractivity contribution >= 4 is 14.3 Å². The van der Waals surface area contributed by atoms with Gasteiger partial charge < -0.3 is 13.8 Å². The molecule has 0 saturated heterocycles. The van der Waals surface area contributed by atoms with Crippen LogP contribution in [0.25, 0.3) is 0 Å². The molecule has 0 aromatic heterocycles. The molecule has 0 aliphatic heterocycles. The van der Waals surface area contributed by atoms with Gasteiger partial charge in [-0.3, -0.25) is 4.79 Å². The first-order valence-corrected chi connectivity index (χ1v) is 17.7. The van der Waals surface area contributed by atoms with Crippen LogP contribution in [0, 0.1) is 0 Å². The smallest absolute Gasteiger partial charge is 0.321 e. The van der Waals surface area contributed by atoms with Gasteiger partial charge in [0.25, 0.3) is 0 Å². The summed E-state index contributed by atoms with van der Waals surface area (Å²) in [5.74, 6) is -0.221. The van der Waals surface area contributed by atoms with E-state index in [9.17, 15) is 4.79 Å². The van der Waals surface area contributed by atoms with Crippen LogP contribution in [0.1, 0.15) is 140 Å². The summed E-state index contributed by atoms with van der Waals surface area (Å²) in [5.41, 5.74) is 8.16. The molecular formula is C38H65O4P. The average molecular weight is 617 g/mol. The van der Waals surface area contributed by atoms with Crippen molar-refractivity contribution in [3.05, 3.63) is 69.9 Å². The maximum absolute atomic E-state index is 13.7. The Kier molecular flexibility index (Phi) is 23.6. The Morgan fingerprint density at radius 2 is 0.884 bits per heavy atom. The fourth-order valence-corrected chi connectivity index (χ4v) is 6.35. The second kappa shape index (κ2) is 24.6. The normalized spacial score (nSPS) is 13.4. The molecule has 0 N–H and O–H groups in total. The molecule has 0 aliphatic rings. The van der Waals surface area contributed by atoms with Gasteiger partial charge in [-0.1, -0.05) is 69.9 Å². The molecule has 0 heterocycles. The fraction of sp³-hybridized carbons (Fsp3) is 0.658. The lowest BCUT2D eigenvalue weighted by molar-refractivity contribution is -0.146. The molecule has 0 aromatic carbocycles. The molecule has 0 unspecified atom stereocenters. The highest BCUT2D eigenvalue weighted by Gasteiger charge is 2.48. The lowest BCUT2D eigenvalue weighted by Crippen LogP contribution is -2.39. The van der Waals surface area contributed by atoms with Gasteiger partial charge >= 0.3 is 5.97 Å². The number of carbonyl (C=O) groups excluding carboxylic acids is 1. The zero-order valence-electron chi connectivity index (χ0n) is 29.7. The molecule has 0 fully saturated rings. The fourth-order valence-electron chi connectivity index (χ4n) is 4.62. The van der Waals surface area contributed by atoms with Crippen molar-refractivity contribution in [2.24, 2.45) is 0 Å². The van der Waals surface area contributed by atoms with E-state index >= 15 is 0 Å². The maximum atomic E-state index is 13.7. The van der Waals surface area contributed by atoms with Gasteiger partial charge in [0.15, 0.2) is 8.38 Å². The SMILES string of the molecule is CCOC(=O)C(C/C=C(\C)CC/C=C(\C)CCC=C(C)C)(C/C=C(\C)CC/C=C(\C)CCC=C(C)C)P(OCC)OCC. The summed E-state index contributed by atoms with van der Waals surface area (Å²) in [7, 11) is -1.49. The first kappa shape index (κ1) is 41.3. The summed E-state index contributed by atoms with van der Waals surface area (Å²) in [6.07, 6.45) is 23.2. The van der Waals surface area contributed by atoms with Crippen molar-refractivity contribution in [3.63, 3.8) is 0 Å². The van der Waals surface area contributed by atoms with E-state index in [1.54, 1.807) is 0 Å². The Morgan fingerprint density at radius 3 is 1.21 bits per heavy atom. The number of esters is 1. The number of carbonyl (C=O) groups is 1. The molecule has 0 spiro atoms. The Hall–Kier alpha value is -1.74. The third kappa shape index (κ3) is 19.3. The second-order valence-electron chi connectivity index (χ2n) is 12.2. The Morgan fingerprint density at radius 1 is 0.535 bits per heavy atom. The zero-order valence-corrected chi connectivity index (χ0v) is 30.6. The molecule has 43 heavy (non-hydrogen) atoms. The number of hydrogen-bond acceptors (Lipinski definition) is 4. The van der Waals surface area contributed by atoms with Gasteiger partial charge in [0.2, 0.25) is 0 Å². The summed E-state index contributed by atoms with van der Waals surface area (Å²) in [6.45, 7) is 24.5. The van der Waals surface area contributed by atoms with E-state index in [0.717, 1.165) is 51.4 Å². The summed E-state index contributed by atoms with van der Waals surface area (Å²) in [6, 6.07) is 0. The van der Waals surface area contributed by atoms with E-state index in [-0.39, 0.29) is 5.97 Å². The molecule has 5 heteroatoms. The highest BCUT2D eigenvalue weighted by Crippen LogP contribution is 2.57. The van der Waals surface area contributed by atoms with Gasteiger partial charge in [0, 0.05) is 0 Å². The van der Waals surface area contributed by atoms with Crippen molar-refractivity contribution in [2.75, 3.05) is 19.8 Å². The zero-order chi connectivity index (χ0) is 32.7. The van der Waals surface area contributed by atoms with Crippen molar-refractivity contribution in [1.82, 2.24) is 0 Å². The van der Waals surface area contributed by atoms with Gasteiger partial charge in [-0.2, -0.15) is 0 Å². The van der Waals surface area contributed by atoms with Gasteiger partial charge in [-0.05, 0) is 140 Å². The van der Waals surface area contributed by atoms with Crippen molar-refractivity contribution in [3.8, 4) is 0 Å². The van der Waals surface area contributed by atoms with Gasteiger partial charge in [0.1, 0.15) is 5.16 Å². The number of ether oxygens (including phenoxy) is 1. The Bertz CT molecular complexity index is 906. The van der Waals surface area contributed by atoms with Crippen molar-refractivity contribution in [2.45, 2.75) is 146 Å². The molecule has 0 amide bonds. The highest BCUT2D eigenvalue weighted by atomic mass is 31.2. The molecule has 0 saturated carbocycles. The van der Waals surface area contributed by atoms with Crippen LogP contribution < -0.4 is 0 Å². The monoisotopic (exact) mass is 616 g/mol. The maximum Gasteiger partial charge on any atom is 0.321 e. The van der Waals surface area contributed by atoms with Crippen LogP contribution in [-0.4, -0.2) is 30.9 Å². The molecule has 0 aromatic rings. The average Bonchev–Trinajstić information content (AvgIpc) is 2.93. The predicted molar refractivity (Wildman–Crippen MR) is 190 cm³/mol. The van der Waals surface area contributed by atoms with E-state index in [2.05, 4.69) is 91.8 Å². The molecule has 0 aliphatic carbocycles. The van der Waals surface area contributed by atoms with E-state index < -0.39 is 13.5 Å². The van der Waals surface area contributed by atoms with E-state index in [0.29, 0.717) is 32.7 Å². The largest absolute Gasteiger partial charge is 0.465 e. The van der Waals surface area contributed by atoms with E-state index in [1.165, 1.54) is 33.4 Å².